The van der Waals surface area contributed by atoms with Gasteiger partial charge in [0.05, 0.1) is 0 Å². The Hall–Kier alpha value is -0.564. The molecule has 0 saturated carbocycles. The van der Waals surface area contributed by atoms with Gasteiger partial charge in [-0.25, -0.2) is 9.59 Å². The Morgan fingerprint density at radius 1 is 0.958 bits per heavy atom. The summed E-state index contributed by atoms with van der Waals surface area (Å²) in [6.45, 7) is 8.40. The molecule has 132 valence electrons. The van der Waals surface area contributed by atoms with Gasteiger partial charge >= 0.3 is 79.4 Å². The van der Waals surface area contributed by atoms with E-state index in [1.165, 1.54) is 13.8 Å². The molecule has 0 aliphatic carbocycles. The summed E-state index contributed by atoms with van der Waals surface area (Å²) in [4.78, 5) is 34.3. The van der Waals surface area contributed by atoms with Crippen LogP contribution in [0, 0.1) is 5.92 Å². The molecule has 9 nitrogen and oxygen atoms in total. The fourth-order valence-corrected chi connectivity index (χ4v) is 1.30. The number of carbonyl (C=O) groups excluding carboxylic acids is 3. The van der Waals surface area contributed by atoms with E-state index in [9.17, 15) is 22.8 Å². The van der Waals surface area contributed by atoms with Gasteiger partial charge in [-0.15, -0.1) is 0 Å². The predicted octanol–water partition coefficient (Wildman–Crippen LogP) is -0.419. The second-order valence-corrected chi connectivity index (χ2v) is 6.02. The van der Waals surface area contributed by atoms with Crippen molar-refractivity contribution in [2.45, 2.75) is 13.8 Å². The number of esters is 3. The topological polar surface area (TPSA) is 133 Å². The van der Waals surface area contributed by atoms with Crippen LogP contribution in [0.4, 0.5) is 0 Å². The summed E-state index contributed by atoms with van der Waals surface area (Å²) in [5, 5.41) is 0. The van der Waals surface area contributed by atoms with E-state index in [0.717, 1.165) is 0 Å². The average Bonchev–Trinajstić information content (AvgIpc) is 2.42. The third-order valence-electron chi connectivity index (χ3n) is 2.21. The molecule has 0 saturated heterocycles. The van der Waals surface area contributed by atoms with Crippen LogP contribution < -0.4 is 0 Å². The molecular weight excluding hydrogens is 371 g/mol. The molecule has 0 aromatic heterocycles. The van der Waals surface area contributed by atoms with E-state index >= 15 is 0 Å². The molecule has 11 heteroatoms. The van der Waals surface area contributed by atoms with Crippen LogP contribution in [-0.2, 0) is 38.7 Å². The van der Waals surface area contributed by atoms with Gasteiger partial charge in [-0.1, -0.05) is 13.2 Å². The van der Waals surface area contributed by atoms with Gasteiger partial charge in [0.25, 0.3) is 0 Å². The van der Waals surface area contributed by atoms with Crippen molar-refractivity contribution in [3.63, 3.8) is 0 Å². The Labute approximate surface area is 182 Å². The molecule has 1 N–H and O–H groups in total. The Morgan fingerprint density at radius 3 is 1.62 bits per heavy atom. The van der Waals surface area contributed by atoms with Crippen LogP contribution in [0.2, 0.25) is 0 Å². The standard InChI is InChI=1S/C13H18O9S.K.H/c1-8(2)11(14)20-5-10(6-21-12(15)9(3)4)13(16)22-7-23(17,18)19;;/h10H,1,3,5-7H2,2,4H3,(H,17,18,19);;. The van der Waals surface area contributed by atoms with E-state index < -0.39 is 53.1 Å². The quantitative estimate of drug-likeness (QED) is 0.183. The van der Waals surface area contributed by atoms with Crippen LogP contribution >= 0.6 is 0 Å². The molecule has 0 rings (SSSR count). The Morgan fingerprint density at radius 2 is 1.33 bits per heavy atom. The molecule has 0 bridgehead atoms. The first-order valence-electron chi connectivity index (χ1n) is 6.21. The number of hydrogen-bond acceptors (Lipinski definition) is 8. The number of carbonyl (C=O) groups is 3. The van der Waals surface area contributed by atoms with Gasteiger partial charge in [-0.3, -0.25) is 9.35 Å². The zero-order chi connectivity index (χ0) is 18.2. The van der Waals surface area contributed by atoms with Gasteiger partial charge in [0.2, 0.25) is 5.94 Å². The normalized spacial score (nSPS) is 10.3. The third-order valence-corrected chi connectivity index (χ3v) is 2.63. The zero-order valence-electron chi connectivity index (χ0n) is 12.7. The van der Waals surface area contributed by atoms with Crippen molar-refractivity contribution in [3.8, 4) is 0 Å². The summed E-state index contributed by atoms with van der Waals surface area (Å²) in [7, 11) is -4.53. The van der Waals surface area contributed by atoms with Gasteiger partial charge in [0, 0.05) is 11.1 Å². The maximum absolute atomic E-state index is 11.7. The van der Waals surface area contributed by atoms with Crippen molar-refractivity contribution in [2.24, 2.45) is 5.92 Å². The fourth-order valence-electron chi connectivity index (χ4n) is 1.03. The Kier molecular flexibility index (Phi) is 12.7. The van der Waals surface area contributed by atoms with Crippen LogP contribution in [0.1, 0.15) is 13.8 Å². The SMILES string of the molecule is C=C(C)C(=O)OCC(COC(=O)C(=C)C)C(=O)OCS(=O)(=O)O.[KH]. The second-order valence-electron chi connectivity index (χ2n) is 4.62. The minimum absolute atomic E-state index is 0. The van der Waals surface area contributed by atoms with Gasteiger partial charge in [0.1, 0.15) is 19.1 Å². The molecule has 0 aromatic rings. The second kappa shape index (κ2) is 11.9. The van der Waals surface area contributed by atoms with Crippen molar-refractivity contribution in [3.05, 3.63) is 24.3 Å². The molecule has 0 radical (unpaired) electrons. The number of rotatable bonds is 9. The summed E-state index contributed by atoms with van der Waals surface area (Å²) in [6.07, 6.45) is 0. The molecule has 0 amide bonds. The Bertz CT molecular complexity index is 579. The molecule has 0 aliphatic heterocycles. The van der Waals surface area contributed by atoms with Crippen molar-refractivity contribution < 1.29 is 41.6 Å². The van der Waals surface area contributed by atoms with E-state index in [1.807, 2.05) is 0 Å². The zero-order valence-corrected chi connectivity index (χ0v) is 13.6. The van der Waals surface area contributed by atoms with Gasteiger partial charge in [-0.2, -0.15) is 8.42 Å². The van der Waals surface area contributed by atoms with E-state index in [2.05, 4.69) is 17.9 Å². The summed E-state index contributed by atoms with van der Waals surface area (Å²) >= 11 is 0. The predicted molar refractivity (Wildman–Crippen MR) is 84.7 cm³/mol. The van der Waals surface area contributed by atoms with Crippen molar-refractivity contribution in [1.82, 2.24) is 0 Å². The molecule has 0 heterocycles. The summed E-state index contributed by atoms with van der Waals surface area (Å²) in [5.41, 5.74) is 0.156. The molecule has 0 unspecified atom stereocenters. The van der Waals surface area contributed by atoms with Crippen LogP contribution in [0.3, 0.4) is 0 Å². The van der Waals surface area contributed by atoms with Crippen LogP contribution in [0.25, 0.3) is 0 Å². The fraction of sp³-hybridized carbons (Fsp3) is 0.462. The molecule has 0 aromatic carbocycles. The van der Waals surface area contributed by atoms with Crippen molar-refractivity contribution >= 4 is 79.4 Å². The molecule has 0 spiro atoms. The van der Waals surface area contributed by atoms with Gasteiger partial charge < -0.3 is 14.2 Å². The number of hydrogen-bond donors (Lipinski definition) is 1. The Balaban J connectivity index is 0. The first kappa shape index (κ1) is 25.7. The van der Waals surface area contributed by atoms with Gasteiger partial charge in [-0.05, 0) is 13.8 Å². The molecule has 0 fully saturated rings. The molecular formula is C13H19KO9S. The minimum atomic E-state index is -4.53. The average molecular weight is 390 g/mol. The monoisotopic (exact) mass is 390 g/mol. The van der Waals surface area contributed by atoms with Crippen molar-refractivity contribution in [1.29, 1.82) is 0 Å². The molecule has 24 heavy (non-hydrogen) atoms. The third kappa shape index (κ3) is 11.9. The maximum atomic E-state index is 11.7. The van der Waals surface area contributed by atoms with E-state index in [-0.39, 0.29) is 62.5 Å². The van der Waals surface area contributed by atoms with Crippen LogP contribution in [-0.4, -0.2) is 101 Å². The van der Waals surface area contributed by atoms with Crippen LogP contribution in [0.5, 0.6) is 0 Å². The summed E-state index contributed by atoms with van der Waals surface area (Å²) in [6, 6.07) is 0. The molecule has 0 aliphatic rings. The summed E-state index contributed by atoms with van der Waals surface area (Å²) < 4.78 is 43.5. The first-order chi connectivity index (χ1) is 10.4. The van der Waals surface area contributed by atoms with E-state index in [0.29, 0.717) is 0 Å². The molecule has 0 atom stereocenters. The summed E-state index contributed by atoms with van der Waals surface area (Å²) in [5.74, 6) is -5.26. The van der Waals surface area contributed by atoms with Crippen molar-refractivity contribution in [2.75, 3.05) is 19.2 Å². The van der Waals surface area contributed by atoms with E-state index in [1.54, 1.807) is 0 Å². The van der Waals surface area contributed by atoms with E-state index in [4.69, 9.17) is 14.0 Å². The first-order valence-corrected chi connectivity index (χ1v) is 7.82. The van der Waals surface area contributed by atoms with Crippen LogP contribution in [0.15, 0.2) is 24.3 Å². The number of ether oxygens (including phenoxy) is 3. The van der Waals surface area contributed by atoms with Gasteiger partial charge in [0.15, 0.2) is 0 Å².